The Morgan fingerprint density at radius 2 is 2.18 bits per heavy atom. The third-order valence-electron chi connectivity index (χ3n) is 2.30. The van der Waals surface area contributed by atoms with E-state index in [1.165, 1.54) is 11.3 Å². The molecule has 0 bridgehead atoms. The number of nitrogens with zero attached hydrogens (tertiary/aromatic N) is 1. The molecule has 0 unspecified atom stereocenters. The number of hydrogen-bond acceptors (Lipinski definition) is 5. The molecule has 6 heteroatoms. The molecule has 90 valence electrons. The number of aromatic nitrogens is 1. The maximum Gasteiger partial charge on any atom is 0.186 e. The second kappa shape index (κ2) is 4.46. The van der Waals surface area contributed by atoms with Crippen LogP contribution in [-0.4, -0.2) is 13.4 Å². The number of benzene rings is 1. The maximum absolute atomic E-state index is 12.1. The Hall–Kier alpha value is -1.40. The van der Waals surface area contributed by atoms with E-state index in [4.69, 9.17) is 5.73 Å². The van der Waals surface area contributed by atoms with Crippen molar-refractivity contribution in [3.8, 4) is 0 Å². The molecule has 1 heterocycles. The van der Waals surface area contributed by atoms with Gasteiger partial charge in [0, 0.05) is 11.6 Å². The zero-order valence-electron chi connectivity index (χ0n) is 9.25. The fourth-order valence-corrected chi connectivity index (χ4v) is 3.90. The quantitative estimate of drug-likeness (QED) is 0.864. The summed E-state index contributed by atoms with van der Waals surface area (Å²) in [6.07, 6.45) is 1.59. The van der Waals surface area contributed by atoms with E-state index in [2.05, 4.69) is 4.98 Å². The number of aryl methyl sites for hydroxylation is 1. The average Bonchev–Trinajstić information content (AvgIpc) is 2.68. The van der Waals surface area contributed by atoms with Gasteiger partial charge >= 0.3 is 0 Å². The van der Waals surface area contributed by atoms with E-state index in [0.717, 1.165) is 5.56 Å². The van der Waals surface area contributed by atoms with Crippen molar-refractivity contribution in [3.63, 3.8) is 0 Å². The van der Waals surface area contributed by atoms with Gasteiger partial charge in [0.2, 0.25) is 0 Å². The predicted octanol–water partition coefficient (Wildman–Crippen LogP) is 2.01. The zero-order chi connectivity index (χ0) is 12.5. The lowest BCUT2D eigenvalue weighted by Gasteiger charge is -2.06. The monoisotopic (exact) mass is 268 g/mol. The normalized spacial score (nSPS) is 11.6. The van der Waals surface area contributed by atoms with Gasteiger partial charge in [-0.3, -0.25) is 0 Å². The minimum absolute atomic E-state index is 0.0993. The Labute approximate surface area is 104 Å². The maximum atomic E-state index is 12.1. The summed E-state index contributed by atoms with van der Waals surface area (Å²) in [5, 5.41) is 2.33. The van der Waals surface area contributed by atoms with E-state index < -0.39 is 9.84 Å². The van der Waals surface area contributed by atoms with Crippen LogP contribution in [0.3, 0.4) is 0 Å². The second-order valence-corrected chi connectivity index (χ2v) is 6.66. The first kappa shape index (κ1) is 12.1. The second-order valence-electron chi connectivity index (χ2n) is 3.73. The minimum atomic E-state index is -3.41. The summed E-state index contributed by atoms with van der Waals surface area (Å²) in [6.45, 7) is 1.87. The fraction of sp³-hybridized carbons (Fsp3) is 0.182. The first-order valence-corrected chi connectivity index (χ1v) is 7.49. The van der Waals surface area contributed by atoms with Crippen molar-refractivity contribution in [2.75, 3.05) is 5.73 Å². The third-order valence-corrected chi connectivity index (χ3v) is 4.96. The first-order valence-electron chi connectivity index (χ1n) is 4.96. The molecular weight excluding hydrogens is 256 g/mol. The summed E-state index contributed by atoms with van der Waals surface area (Å²) in [4.78, 5) is 4.15. The number of rotatable bonds is 3. The highest BCUT2D eigenvalue weighted by molar-refractivity contribution is 7.91. The Kier molecular flexibility index (Phi) is 3.17. The third kappa shape index (κ3) is 2.65. The largest absolute Gasteiger partial charge is 0.398 e. The van der Waals surface area contributed by atoms with Crippen LogP contribution in [-0.2, 0) is 15.6 Å². The lowest BCUT2D eigenvalue weighted by atomic mass is 10.2. The fourth-order valence-electron chi connectivity index (χ4n) is 1.52. The molecule has 1 aromatic carbocycles. The van der Waals surface area contributed by atoms with Crippen molar-refractivity contribution in [1.82, 2.24) is 4.98 Å². The highest BCUT2D eigenvalue weighted by atomic mass is 32.2. The van der Waals surface area contributed by atoms with Gasteiger partial charge in [-0.1, -0.05) is 6.07 Å². The summed E-state index contributed by atoms with van der Waals surface area (Å²) < 4.78 is 24.2. The average molecular weight is 268 g/mol. The summed E-state index contributed by atoms with van der Waals surface area (Å²) in [5.74, 6) is -0.0993. The molecule has 2 N–H and O–H groups in total. The molecule has 0 fully saturated rings. The smallest absolute Gasteiger partial charge is 0.186 e. The Balaban J connectivity index is 2.38. The van der Waals surface area contributed by atoms with Gasteiger partial charge in [-0.2, -0.15) is 0 Å². The number of nitrogen functional groups attached to an aromatic ring is 1. The number of nitrogens with two attached hydrogens (primary N) is 1. The van der Waals surface area contributed by atoms with Crippen LogP contribution in [0.1, 0.15) is 10.6 Å². The van der Waals surface area contributed by atoms with Crippen molar-refractivity contribution in [3.05, 3.63) is 40.3 Å². The highest BCUT2D eigenvalue weighted by Crippen LogP contribution is 2.24. The van der Waals surface area contributed by atoms with Crippen LogP contribution < -0.4 is 5.73 Å². The molecule has 0 radical (unpaired) electrons. The van der Waals surface area contributed by atoms with Crippen LogP contribution in [0.4, 0.5) is 5.69 Å². The summed E-state index contributed by atoms with van der Waals surface area (Å²) in [6, 6.07) is 4.95. The van der Waals surface area contributed by atoms with E-state index >= 15 is 0 Å². The molecule has 0 amide bonds. The predicted molar refractivity (Wildman–Crippen MR) is 68.6 cm³/mol. The van der Waals surface area contributed by atoms with Crippen LogP contribution in [0.5, 0.6) is 0 Å². The van der Waals surface area contributed by atoms with Crippen molar-refractivity contribution in [2.24, 2.45) is 0 Å². The van der Waals surface area contributed by atoms with Gasteiger partial charge in [0.1, 0.15) is 10.8 Å². The molecule has 17 heavy (non-hydrogen) atoms. The van der Waals surface area contributed by atoms with E-state index in [0.29, 0.717) is 10.7 Å². The molecule has 4 nitrogen and oxygen atoms in total. The van der Waals surface area contributed by atoms with Crippen molar-refractivity contribution < 1.29 is 8.42 Å². The summed E-state index contributed by atoms with van der Waals surface area (Å²) >= 11 is 1.32. The molecule has 1 aromatic heterocycles. The lowest BCUT2D eigenvalue weighted by molar-refractivity contribution is 0.595. The van der Waals surface area contributed by atoms with E-state index in [1.807, 2.05) is 6.92 Å². The number of hydrogen-bond donors (Lipinski definition) is 1. The molecular formula is C11H12N2O2S2. The highest BCUT2D eigenvalue weighted by Gasteiger charge is 2.19. The lowest BCUT2D eigenvalue weighted by Crippen LogP contribution is -2.07. The molecule has 2 rings (SSSR count). The number of anilines is 1. The number of thiazole rings is 1. The van der Waals surface area contributed by atoms with Gasteiger partial charge < -0.3 is 5.73 Å². The summed E-state index contributed by atoms with van der Waals surface area (Å²) in [7, 11) is -3.41. The SMILES string of the molecule is Cc1ccc(S(=O)(=O)Cc2nccs2)c(N)c1. The van der Waals surface area contributed by atoms with Crippen molar-refractivity contribution >= 4 is 26.9 Å². The van der Waals surface area contributed by atoms with Crippen LogP contribution in [0, 0.1) is 6.92 Å². The van der Waals surface area contributed by atoms with E-state index in [-0.39, 0.29) is 10.6 Å². The van der Waals surface area contributed by atoms with Gasteiger partial charge in [0.25, 0.3) is 0 Å². The molecule has 0 spiro atoms. The first-order chi connectivity index (χ1) is 7.99. The molecule has 0 atom stereocenters. The zero-order valence-corrected chi connectivity index (χ0v) is 10.9. The van der Waals surface area contributed by atoms with Gasteiger partial charge in [-0.25, -0.2) is 13.4 Å². The van der Waals surface area contributed by atoms with Crippen molar-refractivity contribution in [1.29, 1.82) is 0 Å². The minimum Gasteiger partial charge on any atom is -0.398 e. The Morgan fingerprint density at radius 3 is 2.76 bits per heavy atom. The topological polar surface area (TPSA) is 73.0 Å². The van der Waals surface area contributed by atoms with Crippen LogP contribution >= 0.6 is 11.3 Å². The van der Waals surface area contributed by atoms with E-state index in [1.54, 1.807) is 29.8 Å². The number of sulfone groups is 1. The van der Waals surface area contributed by atoms with Gasteiger partial charge in [-0.05, 0) is 24.6 Å². The van der Waals surface area contributed by atoms with Crippen molar-refractivity contribution in [2.45, 2.75) is 17.6 Å². The molecule has 0 aliphatic heterocycles. The molecule has 0 saturated heterocycles. The Morgan fingerprint density at radius 1 is 1.41 bits per heavy atom. The van der Waals surface area contributed by atoms with Gasteiger partial charge in [0.05, 0.1) is 10.6 Å². The van der Waals surface area contributed by atoms with Gasteiger partial charge in [-0.15, -0.1) is 11.3 Å². The van der Waals surface area contributed by atoms with Crippen LogP contribution in [0.25, 0.3) is 0 Å². The van der Waals surface area contributed by atoms with Gasteiger partial charge in [0.15, 0.2) is 9.84 Å². The molecule has 0 aliphatic rings. The Bertz CT molecular complexity index is 619. The summed E-state index contributed by atoms with van der Waals surface area (Å²) in [5.41, 5.74) is 6.97. The molecule has 0 saturated carbocycles. The molecule has 0 aliphatic carbocycles. The van der Waals surface area contributed by atoms with E-state index in [9.17, 15) is 8.42 Å². The van der Waals surface area contributed by atoms with Crippen LogP contribution in [0.2, 0.25) is 0 Å². The van der Waals surface area contributed by atoms with Crippen LogP contribution in [0.15, 0.2) is 34.7 Å². The standard InChI is InChI=1S/C11H12N2O2S2/c1-8-2-3-10(9(12)6-8)17(14,15)7-11-13-4-5-16-11/h2-6H,7,12H2,1H3. The molecule has 2 aromatic rings.